The van der Waals surface area contributed by atoms with Crippen molar-refractivity contribution in [3.8, 4) is 5.75 Å². The van der Waals surface area contributed by atoms with Crippen molar-refractivity contribution in [2.45, 2.75) is 25.3 Å². The summed E-state index contributed by atoms with van der Waals surface area (Å²) in [4.78, 5) is 4.55. The van der Waals surface area contributed by atoms with Gasteiger partial charge in [0.25, 0.3) is 0 Å². The maximum atomic E-state index is 11.7. The molecule has 146 valence electrons. The van der Waals surface area contributed by atoms with Crippen molar-refractivity contribution in [2.75, 3.05) is 26.5 Å². The first-order valence-corrected chi connectivity index (χ1v) is 10.6. The van der Waals surface area contributed by atoms with Crippen LogP contribution >= 0.6 is 0 Å². The standard InChI is InChI=1S/C20H27N3O3S/c1-15-7-5-6-8-18(15)26-12-11-22-20(21-3)23-14-17-9-10-19(16(2)13-17)27(4,24)25/h5-10,13H,11-12,14H2,1-4H3,(H2,21,22,23). The number of nitrogens with zero attached hydrogens (tertiary/aromatic N) is 1. The molecule has 0 bridgehead atoms. The zero-order valence-electron chi connectivity index (χ0n) is 16.2. The molecule has 0 radical (unpaired) electrons. The molecule has 6 nitrogen and oxygen atoms in total. The molecule has 0 unspecified atom stereocenters. The zero-order chi connectivity index (χ0) is 19.9. The van der Waals surface area contributed by atoms with Crippen molar-refractivity contribution < 1.29 is 13.2 Å². The molecule has 0 aromatic heterocycles. The molecule has 0 heterocycles. The summed E-state index contributed by atoms with van der Waals surface area (Å²) in [5, 5.41) is 6.41. The molecule has 0 saturated heterocycles. The lowest BCUT2D eigenvalue weighted by Gasteiger charge is -2.14. The quantitative estimate of drug-likeness (QED) is 0.432. The Bertz CT molecular complexity index is 908. The molecule has 2 rings (SSSR count). The Morgan fingerprint density at radius 3 is 2.44 bits per heavy atom. The van der Waals surface area contributed by atoms with Gasteiger partial charge in [-0.05, 0) is 42.7 Å². The minimum absolute atomic E-state index is 0.363. The normalized spacial score (nSPS) is 11.9. The lowest BCUT2D eigenvalue weighted by Crippen LogP contribution is -2.38. The minimum atomic E-state index is -3.20. The van der Waals surface area contributed by atoms with Crippen LogP contribution in [0.4, 0.5) is 0 Å². The minimum Gasteiger partial charge on any atom is -0.491 e. The number of aliphatic imine (C=N–C) groups is 1. The molecule has 7 heteroatoms. The molecule has 2 aromatic rings. The Labute approximate surface area is 161 Å². The third-order valence-electron chi connectivity index (χ3n) is 4.07. The van der Waals surface area contributed by atoms with E-state index in [2.05, 4.69) is 15.6 Å². The fourth-order valence-electron chi connectivity index (χ4n) is 2.69. The molecular formula is C20H27N3O3S. The molecule has 0 saturated carbocycles. The van der Waals surface area contributed by atoms with Gasteiger partial charge in [0.1, 0.15) is 12.4 Å². The first kappa shape index (κ1) is 20.8. The average molecular weight is 390 g/mol. The van der Waals surface area contributed by atoms with E-state index >= 15 is 0 Å². The number of benzene rings is 2. The highest BCUT2D eigenvalue weighted by atomic mass is 32.2. The fourth-order valence-corrected chi connectivity index (χ4v) is 3.65. The highest BCUT2D eigenvalue weighted by molar-refractivity contribution is 7.90. The van der Waals surface area contributed by atoms with Crippen LogP contribution in [0.15, 0.2) is 52.4 Å². The molecule has 0 aliphatic carbocycles. The summed E-state index contributed by atoms with van der Waals surface area (Å²) in [6, 6.07) is 13.2. The van der Waals surface area contributed by atoms with Gasteiger partial charge in [0, 0.05) is 19.8 Å². The first-order valence-electron chi connectivity index (χ1n) is 8.74. The predicted octanol–water partition coefficient (Wildman–Crippen LogP) is 2.45. The summed E-state index contributed by atoms with van der Waals surface area (Å²) in [5.74, 6) is 1.54. The number of para-hydroxylation sites is 1. The van der Waals surface area contributed by atoms with E-state index in [9.17, 15) is 8.42 Å². The highest BCUT2D eigenvalue weighted by Gasteiger charge is 2.11. The lowest BCUT2D eigenvalue weighted by molar-refractivity contribution is 0.320. The summed E-state index contributed by atoms with van der Waals surface area (Å²) in [6.45, 7) is 5.49. The maximum absolute atomic E-state index is 11.7. The first-order chi connectivity index (χ1) is 12.8. The Morgan fingerprint density at radius 1 is 1.07 bits per heavy atom. The van der Waals surface area contributed by atoms with E-state index in [1.54, 1.807) is 20.0 Å². The second-order valence-electron chi connectivity index (χ2n) is 6.34. The highest BCUT2D eigenvalue weighted by Crippen LogP contribution is 2.17. The van der Waals surface area contributed by atoms with Crippen molar-refractivity contribution in [1.82, 2.24) is 10.6 Å². The fraction of sp³-hybridized carbons (Fsp3) is 0.350. The third-order valence-corrected chi connectivity index (χ3v) is 5.33. The monoisotopic (exact) mass is 389 g/mol. The second kappa shape index (κ2) is 9.41. The smallest absolute Gasteiger partial charge is 0.191 e. The average Bonchev–Trinajstić information content (AvgIpc) is 2.61. The molecule has 0 amide bonds. The van der Waals surface area contributed by atoms with Crippen LogP contribution in [-0.4, -0.2) is 40.8 Å². The number of hydrogen-bond donors (Lipinski definition) is 2. The molecule has 0 spiro atoms. The van der Waals surface area contributed by atoms with Gasteiger partial charge in [-0.15, -0.1) is 0 Å². The van der Waals surface area contributed by atoms with E-state index in [0.717, 1.165) is 22.4 Å². The van der Waals surface area contributed by atoms with E-state index in [1.807, 2.05) is 43.3 Å². The van der Waals surface area contributed by atoms with Crippen LogP contribution < -0.4 is 15.4 Å². The second-order valence-corrected chi connectivity index (χ2v) is 8.32. The van der Waals surface area contributed by atoms with Gasteiger partial charge in [0.2, 0.25) is 0 Å². The Hall–Kier alpha value is -2.54. The van der Waals surface area contributed by atoms with Gasteiger partial charge in [0.05, 0.1) is 11.4 Å². The summed E-state index contributed by atoms with van der Waals surface area (Å²) >= 11 is 0. The van der Waals surface area contributed by atoms with Crippen molar-refractivity contribution in [1.29, 1.82) is 0 Å². The number of nitrogens with one attached hydrogen (secondary N) is 2. The zero-order valence-corrected chi connectivity index (χ0v) is 17.1. The third kappa shape index (κ3) is 6.29. The maximum Gasteiger partial charge on any atom is 0.191 e. The van der Waals surface area contributed by atoms with Gasteiger partial charge in [-0.25, -0.2) is 8.42 Å². The largest absolute Gasteiger partial charge is 0.491 e. The van der Waals surface area contributed by atoms with Crippen molar-refractivity contribution in [2.24, 2.45) is 4.99 Å². The van der Waals surface area contributed by atoms with Crippen molar-refractivity contribution >= 4 is 15.8 Å². The van der Waals surface area contributed by atoms with Gasteiger partial charge in [-0.3, -0.25) is 4.99 Å². The van der Waals surface area contributed by atoms with Crippen molar-refractivity contribution in [3.05, 3.63) is 59.2 Å². The van der Waals surface area contributed by atoms with E-state index in [1.165, 1.54) is 6.26 Å². The molecule has 27 heavy (non-hydrogen) atoms. The van der Waals surface area contributed by atoms with Crippen LogP contribution in [0.1, 0.15) is 16.7 Å². The van der Waals surface area contributed by atoms with E-state index < -0.39 is 9.84 Å². The SMILES string of the molecule is CN=C(NCCOc1ccccc1C)NCc1ccc(S(C)(=O)=O)c(C)c1. The Kier molecular flexibility index (Phi) is 7.24. The van der Waals surface area contributed by atoms with Gasteiger partial charge in [0.15, 0.2) is 15.8 Å². The van der Waals surface area contributed by atoms with Gasteiger partial charge >= 0.3 is 0 Å². The van der Waals surface area contributed by atoms with Crippen LogP contribution in [-0.2, 0) is 16.4 Å². The number of hydrogen-bond acceptors (Lipinski definition) is 4. The van der Waals surface area contributed by atoms with Crippen LogP contribution in [0.25, 0.3) is 0 Å². The van der Waals surface area contributed by atoms with E-state index in [0.29, 0.717) is 30.6 Å². The van der Waals surface area contributed by atoms with Gasteiger partial charge in [-0.1, -0.05) is 30.3 Å². The Balaban J connectivity index is 1.82. The molecule has 0 atom stereocenters. The Morgan fingerprint density at radius 2 is 1.81 bits per heavy atom. The summed E-state index contributed by atoms with van der Waals surface area (Å²) in [5.41, 5.74) is 2.83. The van der Waals surface area contributed by atoms with Crippen LogP contribution in [0.3, 0.4) is 0 Å². The van der Waals surface area contributed by atoms with E-state index in [4.69, 9.17) is 4.74 Å². The summed E-state index contributed by atoms with van der Waals surface area (Å²) < 4.78 is 29.1. The summed E-state index contributed by atoms with van der Waals surface area (Å²) in [6.07, 6.45) is 1.22. The van der Waals surface area contributed by atoms with Crippen molar-refractivity contribution in [3.63, 3.8) is 0 Å². The van der Waals surface area contributed by atoms with Gasteiger partial charge < -0.3 is 15.4 Å². The molecule has 0 aliphatic rings. The van der Waals surface area contributed by atoms with E-state index in [-0.39, 0.29) is 0 Å². The number of aryl methyl sites for hydroxylation is 2. The molecule has 2 aromatic carbocycles. The topological polar surface area (TPSA) is 79.8 Å². The van der Waals surface area contributed by atoms with Crippen LogP contribution in [0, 0.1) is 13.8 Å². The predicted molar refractivity (Wildman–Crippen MR) is 109 cm³/mol. The molecule has 2 N–H and O–H groups in total. The molecular weight excluding hydrogens is 362 g/mol. The molecule has 0 aliphatic heterocycles. The summed E-state index contributed by atoms with van der Waals surface area (Å²) in [7, 11) is -1.49. The number of guanidine groups is 1. The van der Waals surface area contributed by atoms with Gasteiger partial charge in [-0.2, -0.15) is 0 Å². The number of rotatable bonds is 7. The van der Waals surface area contributed by atoms with Crippen LogP contribution in [0.2, 0.25) is 0 Å². The number of ether oxygens (including phenoxy) is 1. The molecule has 0 fully saturated rings. The number of sulfone groups is 1. The van der Waals surface area contributed by atoms with Crippen LogP contribution in [0.5, 0.6) is 5.75 Å². The lowest BCUT2D eigenvalue weighted by atomic mass is 10.1.